The largest absolute Gasteiger partial charge is 0.371 e. The molecule has 2 N–H and O–H groups in total. The molecule has 0 spiro atoms. The minimum absolute atomic E-state index is 0.0812. The van der Waals surface area contributed by atoms with Gasteiger partial charge < -0.3 is 10.4 Å². The summed E-state index contributed by atoms with van der Waals surface area (Å²) < 4.78 is 1.44. The summed E-state index contributed by atoms with van der Waals surface area (Å²) in [5, 5.41) is 16.2. The molecule has 2 heterocycles. The molecule has 0 radical (unpaired) electrons. The highest BCUT2D eigenvalue weighted by molar-refractivity contribution is 5.92. The lowest BCUT2D eigenvalue weighted by Gasteiger charge is -2.20. The molecule has 0 saturated heterocycles. The number of rotatable bonds is 1. The number of fused-ring (bicyclic) bond motifs is 1. The lowest BCUT2D eigenvalue weighted by Crippen LogP contribution is -2.28. The summed E-state index contributed by atoms with van der Waals surface area (Å²) in [5.41, 5.74) is 0.951. The maximum atomic E-state index is 11.1. The van der Waals surface area contributed by atoms with E-state index >= 15 is 0 Å². The van der Waals surface area contributed by atoms with Gasteiger partial charge in [0, 0.05) is 5.56 Å². The van der Waals surface area contributed by atoms with Crippen molar-refractivity contribution in [2.75, 3.05) is 5.32 Å². The fraction of sp³-hybridized carbons (Fsp3) is 0.500. The summed E-state index contributed by atoms with van der Waals surface area (Å²) in [6, 6.07) is 0. The molecule has 0 bridgehead atoms. The summed E-state index contributed by atoms with van der Waals surface area (Å²) in [6.07, 6.45) is 1.73. The number of hydrogen-bond donors (Lipinski definition) is 2. The van der Waals surface area contributed by atoms with Crippen LogP contribution in [0.2, 0.25) is 0 Å². The SMILES string of the molecule is CCc1cnn2c1NC(=O)CC2O. The third-order valence-electron chi connectivity index (χ3n) is 2.16. The van der Waals surface area contributed by atoms with Crippen LogP contribution in [0.25, 0.3) is 0 Å². The van der Waals surface area contributed by atoms with Gasteiger partial charge in [0.25, 0.3) is 0 Å². The minimum Gasteiger partial charge on any atom is -0.371 e. The molecule has 1 aromatic rings. The van der Waals surface area contributed by atoms with Gasteiger partial charge in [0.05, 0.1) is 12.6 Å². The number of carbonyl (C=O) groups is 1. The predicted molar refractivity (Wildman–Crippen MR) is 46.1 cm³/mol. The fourth-order valence-electron chi connectivity index (χ4n) is 1.46. The first-order valence-corrected chi connectivity index (χ1v) is 4.26. The maximum Gasteiger partial charge on any atom is 0.230 e. The third kappa shape index (κ3) is 1.21. The molecule has 1 amide bonds. The molecule has 1 aliphatic heterocycles. The van der Waals surface area contributed by atoms with E-state index in [2.05, 4.69) is 10.4 Å². The van der Waals surface area contributed by atoms with Crippen molar-refractivity contribution in [2.45, 2.75) is 26.0 Å². The topological polar surface area (TPSA) is 67.2 Å². The monoisotopic (exact) mass is 181 g/mol. The summed E-state index contributed by atoms with van der Waals surface area (Å²) >= 11 is 0. The Morgan fingerprint density at radius 2 is 2.62 bits per heavy atom. The second-order valence-corrected chi connectivity index (χ2v) is 3.05. The fourth-order valence-corrected chi connectivity index (χ4v) is 1.46. The lowest BCUT2D eigenvalue weighted by molar-refractivity contribution is -0.120. The van der Waals surface area contributed by atoms with E-state index in [0.717, 1.165) is 12.0 Å². The smallest absolute Gasteiger partial charge is 0.230 e. The van der Waals surface area contributed by atoms with E-state index in [9.17, 15) is 9.90 Å². The first-order valence-electron chi connectivity index (χ1n) is 4.26. The van der Waals surface area contributed by atoms with E-state index in [1.54, 1.807) is 6.20 Å². The number of amides is 1. The van der Waals surface area contributed by atoms with Crippen molar-refractivity contribution in [3.05, 3.63) is 11.8 Å². The summed E-state index contributed by atoms with van der Waals surface area (Å²) in [7, 11) is 0. The van der Waals surface area contributed by atoms with Gasteiger partial charge in [-0.2, -0.15) is 5.10 Å². The standard InChI is InChI=1S/C8H11N3O2/c1-2-5-4-9-11-7(13)3-6(12)10-8(5)11/h4,7,13H,2-3H2,1H3,(H,10,12). The molecule has 0 fully saturated rings. The Labute approximate surface area is 75.4 Å². The van der Waals surface area contributed by atoms with E-state index in [-0.39, 0.29) is 12.3 Å². The zero-order valence-corrected chi connectivity index (χ0v) is 7.32. The maximum absolute atomic E-state index is 11.1. The molecule has 13 heavy (non-hydrogen) atoms. The van der Waals surface area contributed by atoms with Crippen LogP contribution in [0, 0.1) is 0 Å². The van der Waals surface area contributed by atoms with Gasteiger partial charge in [-0.15, -0.1) is 0 Å². The molecule has 1 aromatic heterocycles. The molecule has 1 unspecified atom stereocenters. The van der Waals surface area contributed by atoms with Gasteiger partial charge in [0.15, 0.2) is 6.23 Å². The molecule has 0 saturated carbocycles. The van der Waals surface area contributed by atoms with Crippen molar-refractivity contribution in [2.24, 2.45) is 0 Å². The van der Waals surface area contributed by atoms with Gasteiger partial charge >= 0.3 is 0 Å². The van der Waals surface area contributed by atoms with Crippen molar-refractivity contribution in [1.29, 1.82) is 0 Å². The number of aliphatic hydroxyl groups excluding tert-OH is 1. The normalized spacial score (nSPS) is 21.1. The summed E-state index contributed by atoms with van der Waals surface area (Å²) in [4.78, 5) is 11.1. The van der Waals surface area contributed by atoms with Crippen molar-refractivity contribution in [1.82, 2.24) is 9.78 Å². The highest BCUT2D eigenvalue weighted by Crippen LogP contribution is 2.25. The number of hydrogen-bond acceptors (Lipinski definition) is 3. The van der Waals surface area contributed by atoms with Crippen LogP contribution in [0.15, 0.2) is 6.20 Å². The van der Waals surface area contributed by atoms with Gasteiger partial charge in [-0.1, -0.05) is 6.92 Å². The quantitative estimate of drug-likeness (QED) is 0.653. The van der Waals surface area contributed by atoms with Crippen molar-refractivity contribution in [3.63, 3.8) is 0 Å². The molecule has 5 nitrogen and oxygen atoms in total. The zero-order valence-electron chi connectivity index (χ0n) is 7.32. The van der Waals surface area contributed by atoms with Gasteiger partial charge in [-0.3, -0.25) is 4.79 Å². The molecule has 0 aliphatic carbocycles. The first-order chi connectivity index (χ1) is 6.22. The molecule has 1 aliphatic rings. The summed E-state index contributed by atoms with van der Waals surface area (Å²) in [5.74, 6) is 0.474. The van der Waals surface area contributed by atoms with Crippen LogP contribution in [-0.2, 0) is 11.2 Å². The zero-order chi connectivity index (χ0) is 9.42. The number of aromatic nitrogens is 2. The average Bonchev–Trinajstić information content (AvgIpc) is 2.47. The number of anilines is 1. The second-order valence-electron chi connectivity index (χ2n) is 3.05. The lowest BCUT2D eigenvalue weighted by atomic mass is 10.2. The Kier molecular flexibility index (Phi) is 1.81. The molecular formula is C8H11N3O2. The second kappa shape index (κ2) is 2.85. The molecule has 2 rings (SSSR count). The van der Waals surface area contributed by atoms with E-state index in [0.29, 0.717) is 5.82 Å². The van der Waals surface area contributed by atoms with Crippen LogP contribution in [-0.4, -0.2) is 20.8 Å². The Bertz CT molecular complexity index is 345. The number of nitrogens with one attached hydrogen (secondary N) is 1. The molecule has 0 aromatic carbocycles. The number of aryl methyl sites for hydroxylation is 1. The van der Waals surface area contributed by atoms with E-state index < -0.39 is 6.23 Å². The van der Waals surface area contributed by atoms with Crippen LogP contribution in [0.5, 0.6) is 0 Å². The van der Waals surface area contributed by atoms with Crippen LogP contribution in [0.3, 0.4) is 0 Å². The van der Waals surface area contributed by atoms with Gasteiger partial charge in [0.1, 0.15) is 5.82 Å². The Morgan fingerprint density at radius 1 is 1.85 bits per heavy atom. The number of nitrogens with zero attached hydrogens (tertiary/aromatic N) is 2. The highest BCUT2D eigenvalue weighted by atomic mass is 16.3. The Balaban J connectivity index is 2.45. The average molecular weight is 181 g/mol. The van der Waals surface area contributed by atoms with Gasteiger partial charge in [0.2, 0.25) is 5.91 Å². The van der Waals surface area contributed by atoms with E-state index in [1.165, 1.54) is 4.68 Å². The van der Waals surface area contributed by atoms with Crippen molar-refractivity contribution >= 4 is 11.7 Å². The Hall–Kier alpha value is -1.36. The van der Waals surface area contributed by atoms with Gasteiger partial charge in [-0.25, -0.2) is 4.68 Å². The van der Waals surface area contributed by atoms with Crippen molar-refractivity contribution < 1.29 is 9.90 Å². The van der Waals surface area contributed by atoms with Crippen LogP contribution in [0.4, 0.5) is 5.82 Å². The number of aliphatic hydroxyl groups is 1. The van der Waals surface area contributed by atoms with Crippen LogP contribution < -0.4 is 5.32 Å². The predicted octanol–water partition coefficient (Wildman–Crippen LogP) is 0.279. The van der Waals surface area contributed by atoms with Crippen LogP contribution >= 0.6 is 0 Å². The molecule has 1 atom stereocenters. The number of carbonyl (C=O) groups excluding carboxylic acids is 1. The third-order valence-corrected chi connectivity index (χ3v) is 2.16. The molecule has 5 heteroatoms. The van der Waals surface area contributed by atoms with E-state index in [4.69, 9.17) is 0 Å². The molecule has 70 valence electrons. The summed E-state index contributed by atoms with van der Waals surface area (Å²) in [6.45, 7) is 1.98. The Morgan fingerprint density at radius 3 is 3.31 bits per heavy atom. The van der Waals surface area contributed by atoms with Crippen molar-refractivity contribution in [3.8, 4) is 0 Å². The van der Waals surface area contributed by atoms with Gasteiger partial charge in [-0.05, 0) is 6.42 Å². The molecular weight excluding hydrogens is 170 g/mol. The minimum atomic E-state index is -0.816. The van der Waals surface area contributed by atoms with Crippen LogP contribution in [0.1, 0.15) is 25.1 Å². The highest BCUT2D eigenvalue weighted by Gasteiger charge is 2.25. The first kappa shape index (κ1) is 8.25. The van der Waals surface area contributed by atoms with E-state index in [1.807, 2.05) is 6.92 Å².